The molecule has 2 heterocycles. The van der Waals surface area contributed by atoms with Crippen LogP contribution >= 0.6 is 0 Å². The lowest BCUT2D eigenvalue weighted by molar-refractivity contribution is 0.0701. The number of amides is 1. The highest BCUT2D eigenvalue weighted by Gasteiger charge is 2.23. The molecular weight excluding hydrogens is 334 g/mol. The van der Waals surface area contributed by atoms with Crippen molar-refractivity contribution in [3.05, 3.63) is 65.5 Å². The van der Waals surface area contributed by atoms with E-state index in [1.54, 1.807) is 12.4 Å². The molecule has 0 bridgehead atoms. The van der Waals surface area contributed by atoms with Crippen LogP contribution in [-0.4, -0.2) is 53.4 Å². The predicted octanol–water partition coefficient (Wildman–Crippen LogP) is 3.81. The second-order valence-electron chi connectivity index (χ2n) is 7.55. The Morgan fingerprint density at radius 1 is 1.19 bits per heavy atom. The Labute approximate surface area is 163 Å². The summed E-state index contributed by atoms with van der Waals surface area (Å²) in [5.41, 5.74) is 3.54. The Morgan fingerprint density at radius 3 is 2.63 bits per heavy atom. The van der Waals surface area contributed by atoms with E-state index < -0.39 is 0 Å². The smallest absolute Gasteiger partial charge is 0.255 e. The largest absolute Gasteiger partial charge is 0.339 e. The lowest BCUT2D eigenvalue weighted by Gasteiger charge is -2.34. The fourth-order valence-corrected chi connectivity index (χ4v) is 3.90. The standard InChI is InChI=1S/C23H31N3O/c1-3-26(23(27)22-9-6-13-24-17-22)18-20-10-14-25(15-11-20)16-12-21-8-5-4-7-19(21)2/h4-9,13,17,20H,3,10-12,14-16,18H2,1-2H3. The van der Waals surface area contributed by atoms with Gasteiger partial charge in [0.2, 0.25) is 0 Å². The lowest BCUT2D eigenvalue weighted by atomic mass is 9.95. The molecule has 1 aromatic carbocycles. The Kier molecular flexibility index (Phi) is 6.99. The number of piperidine rings is 1. The average molecular weight is 366 g/mol. The summed E-state index contributed by atoms with van der Waals surface area (Å²) in [7, 11) is 0. The number of hydrogen-bond donors (Lipinski definition) is 0. The summed E-state index contributed by atoms with van der Waals surface area (Å²) < 4.78 is 0. The van der Waals surface area contributed by atoms with Gasteiger partial charge in [-0.3, -0.25) is 9.78 Å². The van der Waals surface area contributed by atoms with Gasteiger partial charge in [0.15, 0.2) is 0 Å². The average Bonchev–Trinajstić information content (AvgIpc) is 2.72. The molecule has 4 nitrogen and oxygen atoms in total. The van der Waals surface area contributed by atoms with Gasteiger partial charge >= 0.3 is 0 Å². The van der Waals surface area contributed by atoms with E-state index in [0.29, 0.717) is 11.5 Å². The zero-order chi connectivity index (χ0) is 19.1. The van der Waals surface area contributed by atoms with E-state index >= 15 is 0 Å². The number of aromatic nitrogens is 1. The molecule has 1 aliphatic rings. The van der Waals surface area contributed by atoms with Crippen LogP contribution in [0.3, 0.4) is 0 Å². The molecule has 0 radical (unpaired) electrons. The Morgan fingerprint density at radius 2 is 1.96 bits per heavy atom. The van der Waals surface area contributed by atoms with Crippen molar-refractivity contribution in [3.63, 3.8) is 0 Å². The normalized spacial score (nSPS) is 15.6. The van der Waals surface area contributed by atoms with Crippen molar-refractivity contribution in [3.8, 4) is 0 Å². The van der Waals surface area contributed by atoms with Crippen LogP contribution in [0.5, 0.6) is 0 Å². The fourth-order valence-electron chi connectivity index (χ4n) is 3.90. The molecule has 1 amide bonds. The van der Waals surface area contributed by atoms with Crippen LogP contribution in [0.1, 0.15) is 41.3 Å². The van der Waals surface area contributed by atoms with Gasteiger partial charge in [-0.1, -0.05) is 24.3 Å². The number of likely N-dealkylation sites (tertiary alicyclic amines) is 1. The van der Waals surface area contributed by atoms with Gasteiger partial charge in [0.1, 0.15) is 0 Å². The van der Waals surface area contributed by atoms with Crippen molar-refractivity contribution in [1.82, 2.24) is 14.8 Å². The number of carbonyl (C=O) groups is 1. The maximum Gasteiger partial charge on any atom is 0.255 e. The molecule has 27 heavy (non-hydrogen) atoms. The minimum atomic E-state index is 0.104. The molecule has 2 aromatic rings. The summed E-state index contributed by atoms with van der Waals surface area (Å²) in [6, 6.07) is 12.4. The lowest BCUT2D eigenvalue weighted by Crippen LogP contribution is -2.41. The van der Waals surface area contributed by atoms with E-state index in [2.05, 4.69) is 48.0 Å². The van der Waals surface area contributed by atoms with Crippen molar-refractivity contribution >= 4 is 5.91 Å². The molecule has 0 N–H and O–H groups in total. The fraction of sp³-hybridized carbons (Fsp3) is 0.478. The second kappa shape index (κ2) is 9.65. The molecular formula is C23H31N3O. The van der Waals surface area contributed by atoms with E-state index in [1.807, 2.05) is 17.0 Å². The predicted molar refractivity (Wildman–Crippen MR) is 110 cm³/mol. The SMILES string of the molecule is CCN(CC1CCN(CCc2ccccc2C)CC1)C(=O)c1cccnc1. The molecule has 0 saturated carbocycles. The molecule has 0 aliphatic carbocycles. The first-order valence-electron chi connectivity index (χ1n) is 10.1. The van der Waals surface area contributed by atoms with E-state index in [1.165, 1.54) is 24.0 Å². The van der Waals surface area contributed by atoms with Crippen LogP contribution in [0, 0.1) is 12.8 Å². The van der Waals surface area contributed by atoms with E-state index in [9.17, 15) is 4.79 Å². The van der Waals surface area contributed by atoms with Gasteiger partial charge in [0, 0.05) is 32.0 Å². The van der Waals surface area contributed by atoms with Crippen LogP contribution in [0.15, 0.2) is 48.8 Å². The second-order valence-corrected chi connectivity index (χ2v) is 7.55. The molecule has 1 fully saturated rings. The maximum absolute atomic E-state index is 12.7. The van der Waals surface area contributed by atoms with Crippen LogP contribution in [0.2, 0.25) is 0 Å². The minimum absolute atomic E-state index is 0.104. The Balaban J connectivity index is 1.46. The summed E-state index contributed by atoms with van der Waals surface area (Å²) in [5, 5.41) is 0. The van der Waals surface area contributed by atoms with Gasteiger partial charge < -0.3 is 9.80 Å². The maximum atomic E-state index is 12.7. The first kappa shape index (κ1) is 19.6. The van der Waals surface area contributed by atoms with Gasteiger partial charge in [0.05, 0.1) is 5.56 Å². The van der Waals surface area contributed by atoms with Crippen molar-refractivity contribution < 1.29 is 4.79 Å². The van der Waals surface area contributed by atoms with Gasteiger partial charge in [-0.25, -0.2) is 0 Å². The van der Waals surface area contributed by atoms with Gasteiger partial charge in [-0.15, -0.1) is 0 Å². The van der Waals surface area contributed by atoms with Gasteiger partial charge in [0.25, 0.3) is 5.91 Å². The topological polar surface area (TPSA) is 36.4 Å². The monoisotopic (exact) mass is 365 g/mol. The van der Waals surface area contributed by atoms with E-state index in [-0.39, 0.29) is 5.91 Å². The molecule has 0 atom stereocenters. The van der Waals surface area contributed by atoms with Crippen molar-refractivity contribution in [2.45, 2.75) is 33.1 Å². The molecule has 0 unspecified atom stereocenters. The van der Waals surface area contributed by atoms with Crippen LogP contribution in [-0.2, 0) is 6.42 Å². The number of carbonyl (C=O) groups excluding carboxylic acids is 1. The molecule has 1 aromatic heterocycles. The number of pyridine rings is 1. The van der Waals surface area contributed by atoms with Crippen LogP contribution < -0.4 is 0 Å². The van der Waals surface area contributed by atoms with Crippen molar-refractivity contribution in [1.29, 1.82) is 0 Å². The van der Waals surface area contributed by atoms with Crippen LogP contribution in [0.4, 0.5) is 0 Å². The zero-order valence-corrected chi connectivity index (χ0v) is 16.6. The summed E-state index contributed by atoms with van der Waals surface area (Å²) in [5.74, 6) is 0.702. The highest BCUT2D eigenvalue weighted by Crippen LogP contribution is 2.20. The molecule has 0 spiro atoms. The van der Waals surface area contributed by atoms with Gasteiger partial charge in [-0.05, 0) is 75.4 Å². The third-order valence-electron chi connectivity index (χ3n) is 5.72. The third-order valence-corrected chi connectivity index (χ3v) is 5.72. The quantitative estimate of drug-likeness (QED) is 0.749. The number of nitrogens with zero attached hydrogens (tertiary/aromatic N) is 3. The summed E-state index contributed by atoms with van der Waals surface area (Å²) in [6.45, 7) is 9.26. The number of aryl methyl sites for hydroxylation is 1. The third kappa shape index (κ3) is 5.39. The Hall–Kier alpha value is -2.20. The van der Waals surface area contributed by atoms with Crippen molar-refractivity contribution in [2.24, 2.45) is 5.92 Å². The first-order chi connectivity index (χ1) is 13.2. The number of benzene rings is 1. The highest BCUT2D eigenvalue weighted by molar-refractivity contribution is 5.93. The van der Waals surface area contributed by atoms with E-state index in [4.69, 9.17) is 0 Å². The van der Waals surface area contributed by atoms with E-state index in [0.717, 1.165) is 39.1 Å². The summed E-state index contributed by atoms with van der Waals surface area (Å²) in [4.78, 5) is 21.3. The molecule has 3 rings (SSSR count). The minimum Gasteiger partial charge on any atom is -0.339 e. The first-order valence-corrected chi connectivity index (χ1v) is 10.1. The number of hydrogen-bond acceptors (Lipinski definition) is 3. The summed E-state index contributed by atoms with van der Waals surface area (Å²) >= 11 is 0. The number of rotatable bonds is 7. The van der Waals surface area contributed by atoms with Gasteiger partial charge in [-0.2, -0.15) is 0 Å². The zero-order valence-electron chi connectivity index (χ0n) is 16.6. The Bertz CT molecular complexity index is 723. The molecule has 1 aliphatic heterocycles. The molecule has 4 heteroatoms. The molecule has 144 valence electrons. The summed E-state index contributed by atoms with van der Waals surface area (Å²) in [6.07, 6.45) is 6.84. The molecule has 1 saturated heterocycles. The van der Waals surface area contributed by atoms with Crippen LogP contribution in [0.25, 0.3) is 0 Å². The highest BCUT2D eigenvalue weighted by atomic mass is 16.2. The van der Waals surface area contributed by atoms with Crippen molar-refractivity contribution in [2.75, 3.05) is 32.7 Å².